The van der Waals surface area contributed by atoms with Crippen molar-refractivity contribution >= 4 is 32.6 Å². The van der Waals surface area contributed by atoms with Crippen molar-refractivity contribution in [1.82, 2.24) is 9.97 Å². The van der Waals surface area contributed by atoms with Gasteiger partial charge in [-0.1, -0.05) is 29.5 Å². The molecule has 0 unspecified atom stereocenters. The Labute approximate surface area is 153 Å². The molecule has 2 heterocycles. The second-order valence-corrected chi connectivity index (χ2v) is 6.62. The number of rotatable bonds is 5. The van der Waals surface area contributed by atoms with Gasteiger partial charge in [-0.15, -0.1) is 0 Å². The van der Waals surface area contributed by atoms with Gasteiger partial charge in [-0.25, -0.2) is 9.97 Å². The molecular formula is C19H15N3O3S. The van der Waals surface area contributed by atoms with Crippen LogP contribution in [0.3, 0.4) is 0 Å². The standard InChI is InChI=1S/C19H15N3O3S/c1-24-14-7-8-15-16(10-14)26-19(21-15)22-17(23)9-13-11-25-18(20-13)12-5-3-2-4-6-12/h2-8,10-11H,9H2,1H3,(H,21,22,23). The Morgan fingerprint density at radius 2 is 2.04 bits per heavy atom. The molecule has 7 heteroatoms. The zero-order valence-electron chi connectivity index (χ0n) is 13.9. The molecular weight excluding hydrogens is 350 g/mol. The van der Waals surface area contributed by atoms with Gasteiger partial charge in [-0.2, -0.15) is 0 Å². The Balaban J connectivity index is 1.45. The summed E-state index contributed by atoms with van der Waals surface area (Å²) >= 11 is 1.40. The molecule has 6 nitrogen and oxygen atoms in total. The first-order valence-corrected chi connectivity index (χ1v) is 8.77. The van der Waals surface area contributed by atoms with Gasteiger partial charge in [-0.05, 0) is 30.3 Å². The van der Waals surface area contributed by atoms with E-state index in [2.05, 4.69) is 15.3 Å². The fourth-order valence-electron chi connectivity index (χ4n) is 2.51. The number of thiazole rings is 1. The minimum Gasteiger partial charge on any atom is -0.497 e. The number of oxazole rings is 1. The maximum Gasteiger partial charge on any atom is 0.232 e. The molecule has 0 aliphatic rings. The number of aromatic nitrogens is 2. The van der Waals surface area contributed by atoms with Gasteiger partial charge in [0.2, 0.25) is 11.8 Å². The maximum absolute atomic E-state index is 12.3. The molecule has 4 aromatic rings. The van der Waals surface area contributed by atoms with Crippen molar-refractivity contribution < 1.29 is 13.9 Å². The van der Waals surface area contributed by atoms with Gasteiger partial charge in [0, 0.05) is 5.56 Å². The van der Waals surface area contributed by atoms with E-state index in [1.807, 2.05) is 48.5 Å². The van der Waals surface area contributed by atoms with Crippen LogP contribution in [-0.4, -0.2) is 23.0 Å². The van der Waals surface area contributed by atoms with Gasteiger partial charge < -0.3 is 14.5 Å². The highest BCUT2D eigenvalue weighted by molar-refractivity contribution is 7.22. The first kappa shape index (κ1) is 16.3. The van der Waals surface area contributed by atoms with Crippen LogP contribution >= 0.6 is 11.3 Å². The fourth-order valence-corrected chi connectivity index (χ4v) is 3.43. The summed E-state index contributed by atoms with van der Waals surface area (Å²) in [5.41, 5.74) is 2.27. The quantitative estimate of drug-likeness (QED) is 0.575. The first-order chi connectivity index (χ1) is 12.7. The summed E-state index contributed by atoms with van der Waals surface area (Å²) in [6, 6.07) is 15.2. The van der Waals surface area contributed by atoms with Crippen molar-refractivity contribution in [1.29, 1.82) is 0 Å². The lowest BCUT2D eigenvalue weighted by Gasteiger charge is -1.98. The normalized spacial score (nSPS) is 10.8. The van der Waals surface area contributed by atoms with Crippen molar-refractivity contribution in [2.24, 2.45) is 0 Å². The summed E-state index contributed by atoms with van der Waals surface area (Å²) < 4.78 is 11.6. The molecule has 0 saturated heterocycles. The summed E-state index contributed by atoms with van der Waals surface area (Å²) in [6.07, 6.45) is 1.63. The second-order valence-electron chi connectivity index (χ2n) is 5.59. The van der Waals surface area contributed by atoms with E-state index in [1.54, 1.807) is 7.11 Å². The zero-order valence-corrected chi connectivity index (χ0v) is 14.7. The summed E-state index contributed by atoms with van der Waals surface area (Å²) in [5.74, 6) is 1.07. The number of ether oxygens (including phenoxy) is 1. The monoisotopic (exact) mass is 365 g/mol. The van der Waals surface area contributed by atoms with E-state index in [9.17, 15) is 4.79 Å². The molecule has 2 aromatic heterocycles. The van der Waals surface area contributed by atoms with Crippen LogP contribution in [0.1, 0.15) is 5.69 Å². The number of nitrogens with zero attached hydrogens (tertiary/aromatic N) is 2. The third kappa shape index (κ3) is 3.43. The number of fused-ring (bicyclic) bond motifs is 1. The van der Waals surface area contributed by atoms with Gasteiger partial charge in [0.05, 0.1) is 29.4 Å². The van der Waals surface area contributed by atoms with Gasteiger partial charge >= 0.3 is 0 Å². The van der Waals surface area contributed by atoms with Crippen LogP contribution in [-0.2, 0) is 11.2 Å². The Morgan fingerprint density at radius 3 is 2.85 bits per heavy atom. The number of hydrogen-bond donors (Lipinski definition) is 1. The molecule has 26 heavy (non-hydrogen) atoms. The van der Waals surface area contributed by atoms with Gasteiger partial charge in [0.25, 0.3) is 0 Å². The summed E-state index contributed by atoms with van der Waals surface area (Å²) in [6.45, 7) is 0. The van der Waals surface area contributed by atoms with Gasteiger partial charge in [0.1, 0.15) is 12.0 Å². The predicted octanol–water partition coefficient (Wildman–Crippen LogP) is 4.14. The van der Waals surface area contributed by atoms with E-state index < -0.39 is 0 Å². The number of carbonyl (C=O) groups excluding carboxylic acids is 1. The number of carbonyl (C=O) groups is 1. The van der Waals surface area contributed by atoms with Crippen molar-refractivity contribution in [3.05, 3.63) is 60.5 Å². The minimum atomic E-state index is -0.191. The lowest BCUT2D eigenvalue weighted by molar-refractivity contribution is -0.115. The highest BCUT2D eigenvalue weighted by atomic mass is 32.1. The molecule has 0 aliphatic heterocycles. The zero-order chi connectivity index (χ0) is 17.9. The van der Waals surface area contributed by atoms with E-state index in [4.69, 9.17) is 9.15 Å². The van der Waals surface area contributed by atoms with Crippen LogP contribution in [0.4, 0.5) is 5.13 Å². The Morgan fingerprint density at radius 1 is 1.19 bits per heavy atom. The third-order valence-electron chi connectivity index (χ3n) is 3.76. The van der Waals surface area contributed by atoms with Crippen LogP contribution < -0.4 is 10.1 Å². The molecule has 0 aliphatic carbocycles. The molecule has 0 radical (unpaired) electrons. The Hall–Kier alpha value is -3.19. The van der Waals surface area contributed by atoms with E-state index in [0.717, 1.165) is 21.5 Å². The van der Waals surface area contributed by atoms with Crippen LogP contribution in [0.2, 0.25) is 0 Å². The van der Waals surface area contributed by atoms with Crippen molar-refractivity contribution in [3.8, 4) is 17.2 Å². The van der Waals surface area contributed by atoms with E-state index in [0.29, 0.717) is 16.7 Å². The SMILES string of the molecule is COc1ccc2nc(NC(=O)Cc3coc(-c4ccccc4)n3)sc2c1. The largest absolute Gasteiger partial charge is 0.497 e. The van der Waals surface area contributed by atoms with Crippen LogP contribution in [0, 0.1) is 0 Å². The summed E-state index contributed by atoms with van der Waals surface area (Å²) in [5, 5.41) is 3.36. The number of methoxy groups -OCH3 is 1. The predicted molar refractivity (Wildman–Crippen MR) is 100 cm³/mol. The molecule has 0 spiro atoms. The molecule has 4 rings (SSSR count). The molecule has 0 bridgehead atoms. The molecule has 130 valence electrons. The van der Waals surface area contributed by atoms with Crippen LogP contribution in [0.5, 0.6) is 5.75 Å². The lowest BCUT2D eigenvalue weighted by atomic mass is 10.2. The molecule has 1 N–H and O–H groups in total. The minimum absolute atomic E-state index is 0.121. The van der Waals surface area contributed by atoms with Gasteiger partial charge in [-0.3, -0.25) is 4.79 Å². The molecule has 2 aromatic carbocycles. The Kier molecular flexibility index (Phi) is 4.37. The smallest absolute Gasteiger partial charge is 0.232 e. The average Bonchev–Trinajstić information content (AvgIpc) is 3.28. The topological polar surface area (TPSA) is 77.2 Å². The average molecular weight is 365 g/mol. The number of anilines is 1. The maximum atomic E-state index is 12.3. The van der Waals surface area contributed by atoms with Crippen molar-refractivity contribution in [3.63, 3.8) is 0 Å². The summed E-state index contributed by atoms with van der Waals surface area (Å²) in [7, 11) is 1.62. The summed E-state index contributed by atoms with van der Waals surface area (Å²) in [4.78, 5) is 21.1. The van der Waals surface area contributed by atoms with Crippen molar-refractivity contribution in [2.75, 3.05) is 12.4 Å². The van der Waals surface area contributed by atoms with Crippen LogP contribution in [0.15, 0.2) is 59.2 Å². The third-order valence-corrected chi connectivity index (χ3v) is 4.69. The second kappa shape index (κ2) is 6.97. The lowest BCUT2D eigenvalue weighted by Crippen LogP contribution is -2.14. The number of benzene rings is 2. The number of amides is 1. The highest BCUT2D eigenvalue weighted by Gasteiger charge is 2.13. The highest BCUT2D eigenvalue weighted by Crippen LogP contribution is 2.29. The van der Waals surface area contributed by atoms with E-state index >= 15 is 0 Å². The van der Waals surface area contributed by atoms with E-state index in [-0.39, 0.29) is 12.3 Å². The number of nitrogens with one attached hydrogen (secondary N) is 1. The molecule has 0 atom stereocenters. The van der Waals surface area contributed by atoms with Gasteiger partial charge in [0.15, 0.2) is 5.13 Å². The number of hydrogen-bond acceptors (Lipinski definition) is 6. The molecule has 1 amide bonds. The fraction of sp³-hybridized carbons (Fsp3) is 0.105. The van der Waals surface area contributed by atoms with Crippen molar-refractivity contribution in [2.45, 2.75) is 6.42 Å². The van der Waals surface area contributed by atoms with Crippen LogP contribution in [0.25, 0.3) is 21.7 Å². The first-order valence-electron chi connectivity index (χ1n) is 7.95. The Bertz CT molecular complexity index is 1060. The molecule has 0 fully saturated rings. The van der Waals surface area contributed by atoms with E-state index in [1.165, 1.54) is 17.6 Å². The molecule has 0 saturated carbocycles.